The molecule has 0 saturated carbocycles. The third kappa shape index (κ3) is 4.06. The van der Waals surface area contributed by atoms with E-state index in [0.29, 0.717) is 18.2 Å². The van der Waals surface area contributed by atoms with Crippen molar-refractivity contribution in [2.75, 3.05) is 20.2 Å². The van der Waals surface area contributed by atoms with Crippen LogP contribution in [-0.2, 0) is 9.53 Å². The first-order valence-corrected chi connectivity index (χ1v) is 7.74. The van der Waals surface area contributed by atoms with Gasteiger partial charge in [-0.05, 0) is 12.0 Å². The molecular weight excluding hydrogens is 296 g/mol. The van der Waals surface area contributed by atoms with Gasteiger partial charge < -0.3 is 9.64 Å². The SMILES string of the molecule is CCC(CC)CN(CC(=O)OC)C(=O)c1cn2cccnc2n1. The molecule has 0 unspecified atom stereocenters. The normalized spacial score (nSPS) is 11.0. The molecule has 0 radical (unpaired) electrons. The van der Waals surface area contributed by atoms with Crippen molar-refractivity contribution in [2.24, 2.45) is 5.92 Å². The molecule has 0 spiro atoms. The molecule has 124 valence electrons. The number of amides is 1. The maximum absolute atomic E-state index is 12.7. The number of ether oxygens (including phenoxy) is 1. The van der Waals surface area contributed by atoms with Gasteiger partial charge in [-0.2, -0.15) is 0 Å². The van der Waals surface area contributed by atoms with Crippen molar-refractivity contribution in [3.8, 4) is 0 Å². The summed E-state index contributed by atoms with van der Waals surface area (Å²) in [6, 6.07) is 1.76. The highest BCUT2D eigenvalue weighted by Crippen LogP contribution is 2.13. The first-order chi connectivity index (χ1) is 11.1. The average molecular weight is 318 g/mol. The topological polar surface area (TPSA) is 76.8 Å². The molecule has 0 saturated heterocycles. The average Bonchev–Trinajstić information content (AvgIpc) is 3.01. The Bertz CT molecular complexity index is 646. The number of methoxy groups -OCH3 is 1. The summed E-state index contributed by atoms with van der Waals surface area (Å²) in [7, 11) is 1.32. The minimum Gasteiger partial charge on any atom is -0.468 e. The van der Waals surface area contributed by atoms with Gasteiger partial charge in [-0.25, -0.2) is 9.97 Å². The number of carbonyl (C=O) groups is 2. The molecule has 2 heterocycles. The van der Waals surface area contributed by atoms with Gasteiger partial charge in [-0.3, -0.25) is 14.0 Å². The highest BCUT2D eigenvalue weighted by atomic mass is 16.5. The Labute approximate surface area is 135 Å². The van der Waals surface area contributed by atoms with Crippen LogP contribution in [0.3, 0.4) is 0 Å². The van der Waals surface area contributed by atoms with Crippen molar-refractivity contribution >= 4 is 17.7 Å². The van der Waals surface area contributed by atoms with E-state index in [1.807, 2.05) is 0 Å². The molecular formula is C16H22N4O3. The molecule has 2 aromatic rings. The van der Waals surface area contributed by atoms with Gasteiger partial charge in [0.1, 0.15) is 12.2 Å². The number of nitrogens with zero attached hydrogens (tertiary/aromatic N) is 4. The van der Waals surface area contributed by atoms with Crippen molar-refractivity contribution < 1.29 is 14.3 Å². The van der Waals surface area contributed by atoms with Crippen molar-refractivity contribution in [3.63, 3.8) is 0 Å². The highest BCUT2D eigenvalue weighted by molar-refractivity contribution is 5.94. The largest absolute Gasteiger partial charge is 0.468 e. The van der Waals surface area contributed by atoms with Crippen LogP contribution in [0.25, 0.3) is 5.78 Å². The summed E-state index contributed by atoms with van der Waals surface area (Å²) >= 11 is 0. The van der Waals surface area contributed by atoms with Gasteiger partial charge in [-0.15, -0.1) is 0 Å². The summed E-state index contributed by atoms with van der Waals surface area (Å²) in [5.41, 5.74) is 0.276. The Morgan fingerprint density at radius 2 is 2.09 bits per heavy atom. The lowest BCUT2D eigenvalue weighted by molar-refractivity contribution is -0.141. The van der Waals surface area contributed by atoms with E-state index in [9.17, 15) is 9.59 Å². The number of aromatic nitrogens is 3. The fourth-order valence-corrected chi connectivity index (χ4v) is 2.39. The molecule has 7 nitrogen and oxygen atoms in total. The predicted octanol–water partition coefficient (Wildman–Crippen LogP) is 1.78. The first kappa shape index (κ1) is 16.9. The van der Waals surface area contributed by atoms with Crippen LogP contribution < -0.4 is 0 Å². The third-order valence-corrected chi connectivity index (χ3v) is 3.92. The van der Waals surface area contributed by atoms with Crippen LogP contribution in [0.2, 0.25) is 0 Å². The van der Waals surface area contributed by atoms with E-state index < -0.39 is 5.97 Å². The molecule has 0 aliphatic heterocycles. The fraction of sp³-hybridized carbons (Fsp3) is 0.500. The second kappa shape index (κ2) is 7.71. The maximum atomic E-state index is 12.7. The molecule has 0 fully saturated rings. The van der Waals surface area contributed by atoms with E-state index in [2.05, 4.69) is 23.8 Å². The lowest BCUT2D eigenvalue weighted by Gasteiger charge is -2.25. The summed E-state index contributed by atoms with van der Waals surface area (Å²) in [6.45, 7) is 4.57. The number of rotatable bonds is 7. The van der Waals surface area contributed by atoms with Crippen LogP contribution in [0.1, 0.15) is 37.2 Å². The van der Waals surface area contributed by atoms with Gasteiger partial charge in [0.05, 0.1) is 7.11 Å². The van der Waals surface area contributed by atoms with Gasteiger partial charge in [-0.1, -0.05) is 26.7 Å². The second-order valence-corrected chi connectivity index (χ2v) is 5.40. The predicted molar refractivity (Wildman–Crippen MR) is 85.0 cm³/mol. The standard InChI is InChI=1S/C16H22N4O3/c1-4-12(5-2)9-20(11-14(21)23-3)15(22)13-10-19-8-6-7-17-16(19)18-13/h6-8,10,12H,4-5,9,11H2,1-3H3. The van der Waals surface area contributed by atoms with Gasteiger partial charge in [0.2, 0.25) is 5.78 Å². The van der Waals surface area contributed by atoms with Crippen LogP contribution >= 0.6 is 0 Å². The Kier molecular flexibility index (Phi) is 5.67. The number of hydrogen-bond acceptors (Lipinski definition) is 5. The highest BCUT2D eigenvalue weighted by Gasteiger charge is 2.24. The molecule has 0 bridgehead atoms. The Morgan fingerprint density at radius 1 is 1.35 bits per heavy atom. The third-order valence-electron chi connectivity index (χ3n) is 3.92. The second-order valence-electron chi connectivity index (χ2n) is 5.40. The lowest BCUT2D eigenvalue weighted by Crippen LogP contribution is -2.39. The van der Waals surface area contributed by atoms with Crippen molar-refractivity contribution in [3.05, 3.63) is 30.4 Å². The van der Waals surface area contributed by atoms with Crippen LogP contribution in [-0.4, -0.2) is 51.3 Å². The Hall–Kier alpha value is -2.44. The van der Waals surface area contributed by atoms with E-state index in [0.717, 1.165) is 12.8 Å². The van der Waals surface area contributed by atoms with E-state index in [4.69, 9.17) is 4.74 Å². The zero-order valence-corrected chi connectivity index (χ0v) is 13.7. The van der Waals surface area contributed by atoms with Crippen molar-refractivity contribution in [1.29, 1.82) is 0 Å². The van der Waals surface area contributed by atoms with Crippen LogP contribution in [0, 0.1) is 5.92 Å². The summed E-state index contributed by atoms with van der Waals surface area (Å²) in [6.07, 6.45) is 6.90. The van der Waals surface area contributed by atoms with Gasteiger partial charge in [0.15, 0.2) is 0 Å². The minimum absolute atomic E-state index is 0.0763. The summed E-state index contributed by atoms with van der Waals surface area (Å²) in [4.78, 5) is 34.2. The zero-order valence-electron chi connectivity index (χ0n) is 13.7. The maximum Gasteiger partial charge on any atom is 0.325 e. The molecule has 0 aliphatic carbocycles. The monoisotopic (exact) mass is 318 g/mol. The Morgan fingerprint density at radius 3 is 2.70 bits per heavy atom. The summed E-state index contributed by atoms with van der Waals surface area (Å²) in [5, 5.41) is 0. The van der Waals surface area contributed by atoms with E-state index in [1.165, 1.54) is 12.0 Å². The molecule has 2 rings (SSSR count). The van der Waals surface area contributed by atoms with Crippen LogP contribution in [0.5, 0.6) is 0 Å². The van der Waals surface area contributed by atoms with Crippen molar-refractivity contribution in [2.45, 2.75) is 26.7 Å². The van der Waals surface area contributed by atoms with Gasteiger partial charge in [0.25, 0.3) is 5.91 Å². The molecule has 7 heteroatoms. The van der Waals surface area contributed by atoms with E-state index in [-0.39, 0.29) is 18.1 Å². The lowest BCUT2D eigenvalue weighted by atomic mass is 10.0. The number of esters is 1. The van der Waals surface area contributed by atoms with Crippen LogP contribution in [0.15, 0.2) is 24.7 Å². The number of imidazole rings is 1. The zero-order chi connectivity index (χ0) is 16.8. The Balaban J connectivity index is 2.24. The molecule has 23 heavy (non-hydrogen) atoms. The number of fused-ring (bicyclic) bond motifs is 1. The minimum atomic E-state index is -0.439. The molecule has 1 amide bonds. The summed E-state index contributed by atoms with van der Waals surface area (Å²) < 4.78 is 6.38. The molecule has 2 aromatic heterocycles. The molecule has 0 N–H and O–H groups in total. The molecule has 0 atom stereocenters. The first-order valence-electron chi connectivity index (χ1n) is 7.74. The quantitative estimate of drug-likeness (QED) is 0.727. The summed E-state index contributed by atoms with van der Waals surface area (Å²) in [5.74, 6) is 0.0640. The van der Waals surface area contributed by atoms with Gasteiger partial charge >= 0.3 is 5.97 Å². The smallest absolute Gasteiger partial charge is 0.325 e. The fourth-order valence-electron chi connectivity index (χ4n) is 2.39. The number of carbonyl (C=O) groups excluding carboxylic acids is 2. The van der Waals surface area contributed by atoms with E-state index >= 15 is 0 Å². The van der Waals surface area contributed by atoms with Crippen LogP contribution in [0.4, 0.5) is 0 Å². The molecule has 0 aliphatic rings. The molecule has 0 aromatic carbocycles. The van der Waals surface area contributed by atoms with E-state index in [1.54, 1.807) is 29.1 Å². The number of hydrogen-bond donors (Lipinski definition) is 0. The van der Waals surface area contributed by atoms with Crippen molar-refractivity contribution in [1.82, 2.24) is 19.3 Å². The van der Waals surface area contributed by atoms with Gasteiger partial charge in [0, 0.05) is 25.1 Å².